The fraction of sp³-hybridized carbons (Fsp3) is 0.200. The monoisotopic (exact) mass is 238 g/mol. The van der Waals surface area contributed by atoms with E-state index in [-0.39, 0.29) is 6.03 Å². The molecule has 0 atom stereocenters. The first kappa shape index (κ1) is 10.8. The maximum absolute atomic E-state index is 11.8. The first-order valence-corrected chi connectivity index (χ1v) is 5.04. The molecule has 0 fully saturated rings. The van der Waals surface area contributed by atoms with Gasteiger partial charge >= 0.3 is 6.03 Å². The minimum absolute atomic E-state index is 0.260. The standard InChI is InChI=1S/C10H11ClN4O/c1-14(2)10(16)15-8-5-6(11)3-4-7(8)9(12)13-15/h3-5H,1-2H3,(H2,12,13). The van der Waals surface area contributed by atoms with Gasteiger partial charge in [0.1, 0.15) is 0 Å². The molecule has 16 heavy (non-hydrogen) atoms. The zero-order valence-corrected chi connectivity index (χ0v) is 9.69. The number of aromatic nitrogens is 2. The van der Waals surface area contributed by atoms with Crippen LogP contribution < -0.4 is 5.73 Å². The Morgan fingerprint density at radius 2 is 2.19 bits per heavy atom. The van der Waals surface area contributed by atoms with E-state index in [0.29, 0.717) is 16.4 Å². The normalized spacial score (nSPS) is 10.7. The maximum Gasteiger partial charge on any atom is 0.344 e. The zero-order chi connectivity index (χ0) is 11.9. The Balaban J connectivity index is 2.71. The fourth-order valence-electron chi connectivity index (χ4n) is 1.45. The molecular formula is C10H11ClN4O. The summed E-state index contributed by atoms with van der Waals surface area (Å²) in [5, 5.41) is 5.26. The highest BCUT2D eigenvalue weighted by Crippen LogP contribution is 2.24. The predicted octanol–water partition coefficient (Wildman–Crippen LogP) is 1.80. The highest BCUT2D eigenvalue weighted by molar-refractivity contribution is 6.31. The largest absolute Gasteiger partial charge is 0.382 e. The number of anilines is 1. The van der Waals surface area contributed by atoms with Gasteiger partial charge in [-0.15, -0.1) is 5.10 Å². The molecule has 84 valence electrons. The third-order valence-electron chi connectivity index (χ3n) is 2.24. The molecule has 2 rings (SSSR count). The number of nitrogens with two attached hydrogens (primary N) is 1. The lowest BCUT2D eigenvalue weighted by atomic mass is 10.2. The van der Waals surface area contributed by atoms with Gasteiger partial charge in [-0.3, -0.25) is 0 Å². The Hall–Kier alpha value is -1.75. The van der Waals surface area contributed by atoms with Crippen LogP contribution in [0.3, 0.4) is 0 Å². The van der Waals surface area contributed by atoms with Crippen LogP contribution in [0.1, 0.15) is 0 Å². The van der Waals surface area contributed by atoms with E-state index in [4.69, 9.17) is 17.3 Å². The summed E-state index contributed by atoms with van der Waals surface area (Å²) >= 11 is 5.88. The maximum atomic E-state index is 11.8. The second kappa shape index (κ2) is 3.68. The molecule has 0 bridgehead atoms. The van der Waals surface area contributed by atoms with Gasteiger partial charge in [0.15, 0.2) is 5.82 Å². The van der Waals surface area contributed by atoms with Crippen LogP contribution in [-0.2, 0) is 0 Å². The number of halogens is 1. The van der Waals surface area contributed by atoms with Crippen molar-refractivity contribution in [3.8, 4) is 0 Å². The Kier molecular flexibility index (Phi) is 2.47. The average Bonchev–Trinajstić information content (AvgIpc) is 2.54. The summed E-state index contributed by atoms with van der Waals surface area (Å²) in [5.74, 6) is 0.321. The molecule has 0 radical (unpaired) electrons. The van der Waals surface area contributed by atoms with Crippen LogP contribution in [0.5, 0.6) is 0 Å². The third-order valence-corrected chi connectivity index (χ3v) is 2.47. The molecule has 5 nitrogen and oxygen atoms in total. The van der Waals surface area contributed by atoms with Gasteiger partial charge in [0.2, 0.25) is 0 Å². The summed E-state index contributed by atoms with van der Waals surface area (Å²) in [7, 11) is 3.30. The zero-order valence-electron chi connectivity index (χ0n) is 8.94. The molecule has 0 unspecified atom stereocenters. The molecule has 1 aromatic heterocycles. The highest BCUT2D eigenvalue weighted by Gasteiger charge is 2.15. The highest BCUT2D eigenvalue weighted by atomic mass is 35.5. The van der Waals surface area contributed by atoms with Gasteiger partial charge in [0, 0.05) is 24.5 Å². The van der Waals surface area contributed by atoms with Crippen LogP contribution in [0.4, 0.5) is 10.6 Å². The van der Waals surface area contributed by atoms with Crippen LogP contribution in [0.15, 0.2) is 18.2 Å². The molecule has 0 saturated heterocycles. The lowest BCUT2D eigenvalue weighted by molar-refractivity contribution is 0.217. The van der Waals surface area contributed by atoms with Gasteiger partial charge in [0.05, 0.1) is 5.52 Å². The van der Waals surface area contributed by atoms with Crippen LogP contribution >= 0.6 is 11.6 Å². The minimum atomic E-state index is -0.260. The first-order valence-electron chi connectivity index (χ1n) is 4.66. The lowest BCUT2D eigenvalue weighted by Crippen LogP contribution is -2.28. The molecule has 1 amide bonds. The fourth-order valence-corrected chi connectivity index (χ4v) is 1.61. The number of amides is 1. The smallest absolute Gasteiger partial charge is 0.344 e. The number of rotatable bonds is 0. The topological polar surface area (TPSA) is 64.2 Å². The van der Waals surface area contributed by atoms with Crippen molar-refractivity contribution >= 4 is 34.4 Å². The van der Waals surface area contributed by atoms with Crippen LogP contribution in [0.25, 0.3) is 10.9 Å². The number of nitrogens with zero attached hydrogens (tertiary/aromatic N) is 3. The minimum Gasteiger partial charge on any atom is -0.382 e. The summed E-state index contributed by atoms with van der Waals surface area (Å²) < 4.78 is 1.25. The van der Waals surface area contributed by atoms with E-state index in [9.17, 15) is 4.79 Å². The predicted molar refractivity (Wildman–Crippen MR) is 63.6 cm³/mol. The van der Waals surface area contributed by atoms with Gasteiger partial charge in [-0.25, -0.2) is 4.79 Å². The number of carbonyl (C=O) groups is 1. The van der Waals surface area contributed by atoms with E-state index >= 15 is 0 Å². The van der Waals surface area contributed by atoms with Gasteiger partial charge in [-0.2, -0.15) is 4.68 Å². The Labute approximate surface area is 97.4 Å². The van der Waals surface area contributed by atoms with Crippen LogP contribution in [0, 0.1) is 0 Å². The van der Waals surface area contributed by atoms with Crippen molar-refractivity contribution < 1.29 is 4.79 Å². The van der Waals surface area contributed by atoms with Crippen LogP contribution in [-0.4, -0.2) is 34.8 Å². The molecule has 0 saturated carbocycles. The van der Waals surface area contributed by atoms with Gasteiger partial charge in [-0.1, -0.05) is 11.6 Å². The average molecular weight is 239 g/mol. The van der Waals surface area contributed by atoms with E-state index in [0.717, 1.165) is 5.39 Å². The van der Waals surface area contributed by atoms with Gasteiger partial charge < -0.3 is 10.6 Å². The summed E-state index contributed by atoms with van der Waals surface area (Å²) in [6.07, 6.45) is 0. The van der Waals surface area contributed by atoms with Crippen LogP contribution in [0.2, 0.25) is 5.02 Å². The van der Waals surface area contributed by atoms with Crippen molar-refractivity contribution in [1.29, 1.82) is 0 Å². The summed E-state index contributed by atoms with van der Waals surface area (Å²) in [5.41, 5.74) is 6.33. The number of benzene rings is 1. The Bertz CT molecular complexity index is 561. The number of carbonyl (C=O) groups excluding carboxylic acids is 1. The van der Waals surface area contributed by atoms with E-state index in [1.54, 1.807) is 32.3 Å². The molecule has 2 aromatic rings. The molecular weight excluding hydrogens is 228 g/mol. The number of fused-ring (bicyclic) bond motifs is 1. The summed E-state index contributed by atoms with van der Waals surface area (Å²) in [6.45, 7) is 0. The molecule has 1 heterocycles. The second-order valence-electron chi connectivity index (χ2n) is 3.64. The molecule has 0 spiro atoms. The van der Waals surface area contributed by atoms with Gasteiger partial charge in [-0.05, 0) is 18.2 Å². The molecule has 0 aliphatic carbocycles. The molecule has 2 N–H and O–H groups in total. The van der Waals surface area contributed by atoms with Crippen molar-refractivity contribution in [3.63, 3.8) is 0 Å². The van der Waals surface area contributed by atoms with Crippen molar-refractivity contribution in [1.82, 2.24) is 14.7 Å². The van der Waals surface area contributed by atoms with E-state index in [1.807, 2.05) is 0 Å². The molecule has 0 aliphatic rings. The first-order chi connectivity index (χ1) is 7.50. The lowest BCUT2D eigenvalue weighted by Gasteiger charge is -2.09. The number of hydrogen-bond acceptors (Lipinski definition) is 3. The summed E-state index contributed by atoms with van der Waals surface area (Å²) in [4.78, 5) is 13.2. The third kappa shape index (κ3) is 1.59. The molecule has 1 aromatic carbocycles. The molecule has 6 heteroatoms. The van der Waals surface area contributed by atoms with E-state index in [2.05, 4.69) is 5.10 Å². The Morgan fingerprint density at radius 1 is 1.50 bits per heavy atom. The van der Waals surface area contributed by atoms with Crippen molar-refractivity contribution in [2.75, 3.05) is 19.8 Å². The SMILES string of the molecule is CN(C)C(=O)n1nc(N)c2ccc(Cl)cc21. The van der Waals surface area contributed by atoms with Crippen molar-refractivity contribution in [3.05, 3.63) is 23.2 Å². The van der Waals surface area contributed by atoms with E-state index in [1.165, 1.54) is 9.58 Å². The molecule has 0 aliphatic heterocycles. The Morgan fingerprint density at radius 3 is 2.81 bits per heavy atom. The van der Waals surface area contributed by atoms with Gasteiger partial charge in [0.25, 0.3) is 0 Å². The number of nitrogen functional groups attached to an aromatic ring is 1. The number of hydrogen-bond donors (Lipinski definition) is 1. The van der Waals surface area contributed by atoms with Crippen molar-refractivity contribution in [2.24, 2.45) is 0 Å². The van der Waals surface area contributed by atoms with E-state index < -0.39 is 0 Å². The second-order valence-corrected chi connectivity index (χ2v) is 4.07. The summed E-state index contributed by atoms with van der Waals surface area (Å²) in [6, 6.07) is 4.87. The quantitative estimate of drug-likeness (QED) is 0.761. The van der Waals surface area contributed by atoms with Crippen molar-refractivity contribution in [2.45, 2.75) is 0 Å².